The largest absolute Gasteiger partial charge is 0.378 e. The molecule has 0 amide bonds. The molecule has 3 unspecified atom stereocenters. The van der Waals surface area contributed by atoms with Crippen LogP contribution in [0.5, 0.6) is 0 Å². The number of hydrogen-bond acceptors (Lipinski definition) is 3. The van der Waals surface area contributed by atoms with Crippen LogP contribution in [0, 0.1) is 12.8 Å². The first kappa shape index (κ1) is 11.1. The van der Waals surface area contributed by atoms with Gasteiger partial charge in [-0.1, -0.05) is 6.92 Å². The third kappa shape index (κ3) is 2.10. The zero-order valence-corrected chi connectivity index (χ0v) is 10.2. The molecule has 2 nitrogen and oxygen atoms in total. The van der Waals surface area contributed by atoms with E-state index in [1.165, 1.54) is 10.4 Å². The minimum atomic E-state index is 0.164. The van der Waals surface area contributed by atoms with Gasteiger partial charge in [0.1, 0.15) is 0 Å². The summed E-state index contributed by atoms with van der Waals surface area (Å²) in [5.41, 5.74) is 7.67. The third-order valence-corrected chi connectivity index (χ3v) is 4.45. The maximum atomic E-state index is 6.34. The second-order valence-corrected chi connectivity index (χ2v) is 5.21. The van der Waals surface area contributed by atoms with E-state index in [1.54, 1.807) is 11.3 Å². The van der Waals surface area contributed by atoms with Crippen LogP contribution in [0.3, 0.4) is 0 Å². The lowest BCUT2D eigenvalue weighted by molar-refractivity contribution is 0.0816. The Balaban J connectivity index is 2.13. The highest BCUT2D eigenvalue weighted by Crippen LogP contribution is 2.36. The lowest BCUT2D eigenvalue weighted by Crippen LogP contribution is -2.27. The normalized spacial score (nSPS) is 28.2. The predicted molar refractivity (Wildman–Crippen MR) is 64.1 cm³/mol. The first-order chi connectivity index (χ1) is 7.24. The number of aryl methyl sites for hydroxylation is 1. The molecule has 2 N–H and O–H groups in total. The quantitative estimate of drug-likeness (QED) is 0.858. The summed E-state index contributed by atoms with van der Waals surface area (Å²) < 4.78 is 5.70. The predicted octanol–water partition coefficient (Wildman–Crippen LogP) is 2.87. The lowest BCUT2D eigenvalue weighted by atomic mass is 9.90. The number of hydrogen-bond donors (Lipinski definition) is 1. The molecule has 0 aromatic carbocycles. The van der Waals surface area contributed by atoms with Crippen molar-refractivity contribution in [3.8, 4) is 0 Å². The summed E-state index contributed by atoms with van der Waals surface area (Å²) in [4.78, 5) is 1.34. The maximum absolute atomic E-state index is 6.34. The zero-order chi connectivity index (χ0) is 10.8. The Morgan fingerprint density at radius 3 is 3.07 bits per heavy atom. The minimum Gasteiger partial charge on any atom is -0.378 e. The van der Waals surface area contributed by atoms with Crippen molar-refractivity contribution in [2.24, 2.45) is 11.7 Å². The van der Waals surface area contributed by atoms with E-state index in [2.05, 4.69) is 25.3 Å². The number of nitrogens with two attached hydrogens (primary N) is 1. The number of ether oxygens (including phenoxy) is 1. The fourth-order valence-corrected chi connectivity index (χ4v) is 3.42. The van der Waals surface area contributed by atoms with E-state index in [0.717, 1.165) is 19.4 Å². The van der Waals surface area contributed by atoms with Gasteiger partial charge >= 0.3 is 0 Å². The highest BCUT2D eigenvalue weighted by atomic mass is 32.1. The van der Waals surface area contributed by atoms with Crippen LogP contribution in [-0.2, 0) is 4.74 Å². The lowest BCUT2D eigenvalue weighted by Gasteiger charge is -2.23. The third-order valence-electron chi connectivity index (χ3n) is 3.33. The summed E-state index contributed by atoms with van der Waals surface area (Å²) in [5, 5.41) is 2.13. The summed E-state index contributed by atoms with van der Waals surface area (Å²) in [6, 6.07) is 2.31. The smallest absolute Gasteiger partial charge is 0.0619 e. The molecule has 1 aromatic heterocycles. The Bertz CT molecular complexity index is 323. The molecule has 3 heteroatoms. The van der Waals surface area contributed by atoms with Gasteiger partial charge in [0.25, 0.3) is 0 Å². The molecule has 0 aliphatic carbocycles. The van der Waals surface area contributed by atoms with Crippen molar-refractivity contribution in [3.63, 3.8) is 0 Å². The van der Waals surface area contributed by atoms with Crippen molar-refractivity contribution >= 4 is 11.3 Å². The second kappa shape index (κ2) is 4.64. The Kier molecular flexibility index (Phi) is 3.44. The van der Waals surface area contributed by atoms with Gasteiger partial charge in [-0.25, -0.2) is 0 Å². The average molecular weight is 225 g/mol. The monoisotopic (exact) mass is 225 g/mol. The Hall–Kier alpha value is -0.380. The first-order valence-corrected chi connectivity index (χ1v) is 6.53. The van der Waals surface area contributed by atoms with E-state index >= 15 is 0 Å². The summed E-state index contributed by atoms with van der Waals surface area (Å²) in [5.74, 6) is 0.507. The van der Waals surface area contributed by atoms with Gasteiger partial charge in [0.05, 0.1) is 6.10 Å². The fraction of sp³-hybridized carbons (Fsp3) is 0.667. The van der Waals surface area contributed by atoms with Crippen LogP contribution < -0.4 is 5.73 Å². The van der Waals surface area contributed by atoms with Crippen molar-refractivity contribution in [1.29, 1.82) is 0 Å². The Morgan fingerprint density at radius 1 is 1.67 bits per heavy atom. The van der Waals surface area contributed by atoms with Gasteiger partial charge in [0, 0.05) is 23.4 Å². The van der Waals surface area contributed by atoms with Crippen LogP contribution in [0.2, 0.25) is 0 Å². The van der Waals surface area contributed by atoms with E-state index < -0.39 is 0 Å². The van der Waals surface area contributed by atoms with E-state index in [0.29, 0.717) is 12.0 Å². The molecule has 2 rings (SSSR count). The molecule has 0 spiro atoms. The van der Waals surface area contributed by atoms with Gasteiger partial charge in [-0.05, 0) is 36.8 Å². The molecule has 0 saturated carbocycles. The highest BCUT2D eigenvalue weighted by Gasteiger charge is 2.33. The average Bonchev–Trinajstić information content (AvgIpc) is 2.84. The van der Waals surface area contributed by atoms with E-state index in [-0.39, 0.29) is 6.04 Å². The fourth-order valence-electron chi connectivity index (χ4n) is 2.42. The van der Waals surface area contributed by atoms with Crippen LogP contribution in [0.25, 0.3) is 0 Å². The van der Waals surface area contributed by atoms with E-state index in [9.17, 15) is 0 Å². The molecule has 1 aliphatic heterocycles. The molecular weight excluding hydrogens is 206 g/mol. The van der Waals surface area contributed by atoms with E-state index in [4.69, 9.17) is 10.5 Å². The molecule has 2 heterocycles. The first-order valence-electron chi connectivity index (χ1n) is 5.65. The molecule has 15 heavy (non-hydrogen) atoms. The molecule has 1 aromatic rings. The molecule has 3 atom stereocenters. The zero-order valence-electron chi connectivity index (χ0n) is 9.40. The Labute approximate surface area is 95.4 Å². The van der Waals surface area contributed by atoms with Crippen molar-refractivity contribution in [3.05, 3.63) is 21.9 Å². The van der Waals surface area contributed by atoms with Crippen LogP contribution in [0.1, 0.15) is 36.2 Å². The van der Waals surface area contributed by atoms with Crippen LogP contribution in [0.4, 0.5) is 0 Å². The summed E-state index contributed by atoms with van der Waals surface area (Å²) in [6.07, 6.45) is 2.54. The standard InChI is InChI=1S/C12H19NOS/c1-3-10-9(4-6-14-10)11(13)12-8(2)5-7-15-12/h5,7,9-11H,3-4,6,13H2,1-2H3. The van der Waals surface area contributed by atoms with Crippen molar-refractivity contribution in [1.82, 2.24) is 0 Å². The topological polar surface area (TPSA) is 35.2 Å². The molecule has 1 fully saturated rings. The summed E-state index contributed by atoms with van der Waals surface area (Å²) in [7, 11) is 0. The maximum Gasteiger partial charge on any atom is 0.0619 e. The number of thiophene rings is 1. The van der Waals surface area contributed by atoms with Crippen molar-refractivity contribution in [2.75, 3.05) is 6.61 Å². The molecular formula is C12H19NOS. The highest BCUT2D eigenvalue weighted by molar-refractivity contribution is 7.10. The second-order valence-electron chi connectivity index (χ2n) is 4.26. The SMILES string of the molecule is CCC1OCCC1C(N)c1sccc1C. The van der Waals surface area contributed by atoms with Gasteiger partial charge < -0.3 is 10.5 Å². The van der Waals surface area contributed by atoms with Gasteiger partial charge in [-0.15, -0.1) is 11.3 Å². The Morgan fingerprint density at radius 2 is 2.47 bits per heavy atom. The van der Waals surface area contributed by atoms with Crippen molar-refractivity contribution in [2.45, 2.75) is 38.8 Å². The van der Waals surface area contributed by atoms with Gasteiger partial charge in [0.15, 0.2) is 0 Å². The van der Waals surface area contributed by atoms with Crippen LogP contribution in [0.15, 0.2) is 11.4 Å². The molecule has 1 aliphatic rings. The van der Waals surface area contributed by atoms with Crippen LogP contribution >= 0.6 is 11.3 Å². The van der Waals surface area contributed by atoms with Crippen molar-refractivity contribution < 1.29 is 4.74 Å². The summed E-state index contributed by atoms with van der Waals surface area (Å²) in [6.45, 7) is 5.20. The molecule has 1 saturated heterocycles. The van der Waals surface area contributed by atoms with Gasteiger partial charge in [-0.3, -0.25) is 0 Å². The molecule has 0 radical (unpaired) electrons. The molecule has 84 valence electrons. The number of rotatable bonds is 3. The minimum absolute atomic E-state index is 0.164. The van der Waals surface area contributed by atoms with Crippen LogP contribution in [-0.4, -0.2) is 12.7 Å². The van der Waals surface area contributed by atoms with E-state index in [1.807, 2.05) is 0 Å². The molecule has 0 bridgehead atoms. The van der Waals surface area contributed by atoms with Gasteiger partial charge in [-0.2, -0.15) is 0 Å². The van der Waals surface area contributed by atoms with Gasteiger partial charge in [0.2, 0.25) is 0 Å². The summed E-state index contributed by atoms with van der Waals surface area (Å²) >= 11 is 1.78.